The fourth-order valence-corrected chi connectivity index (χ4v) is 14.2. The molecule has 0 radical (unpaired) electrons. The molecule has 5 aliphatic carbocycles. The van der Waals surface area contributed by atoms with E-state index in [9.17, 15) is 9.90 Å². The highest BCUT2D eigenvalue weighted by molar-refractivity contribution is 5.72. The van der Waals surface area contributed by atoms with Gasteiger partial charge in [0.1, 0.15) is 0 Å². The summed E-state index contributed by atoms with van der Waals surface area (Å²) in [6.07, 6.45) is 13.0. The van der Waals surface area contributed by atoms with E-state index in [0.29, 0.717) is 66.1 Å². The summed E-state index contributed by atoms with van der Waals surface area (Å²) in [7, 11) is 0. The highest BCUT2D eigenvalue weighted by Crippen LogP contribution is 2.87. The first-order valence-corrected chi connectivity index (χ1v) is 20.6. The van der Waals surface area contributed by atoms with Crippen molar-refractivity contribution in [2.45, 2.75) is 154 Å². The van der Waals surface area contributed by atoms with Gasteiger partial charge in [0.15, 0.2) is 12.4 Å². The molecule has 50 heavy (non-hydrogen) atoms. The lowest BCUT2D eigenvalue weighted by atomic mass is 9.46. The molecule has 284 valence electrons. The van der Waals surface area contributed by atoms with Crippen molar-refractivity contribution in [3.63, 3.8) is 0 Å². The van der Waals surface area contributed by atoms with E-state index in [-0.39, 0.29) is 43.3 Å². The number of fused-ring (bicyclic) bond motifs is 4. The third-order valence-electron chi connectivity index (χ3n) is 16.9. The van der Waals surface area contributed by atoms with E-state index < -0.39 is 11.7 Å². The van der Waals surface area contributed by atoms with Crippen LogP contribution in [0.4, 0.5) is 0 Å². The molecular weight excluding hydrogens is 634 g/mol. The molecule has 0 bridgehead atoms. The van der Waals surface area contributed by atoms with Gasteiger partial charge in [0, 0.05) is 21.2 Å². The number of morpholine rings is 1. The molecule has 0 aromatic rings. The first-order chi connectivity index (χ1) is 23.9. The Labute approximate surface area is 301 Å². The zero-order valence-electron chi connectivity index (χ0n) is 31.5. The van der Waals surface area contributed by atoms with E-state index in [0.717, 1.165) is 64.5 Å². The Bertz CT molecular complexity index is 1300. The van der Waals surface area contributed by atoms with Crippen molar-refractivity contribution in [3.8, 4) is 0 Å². The molecule has 4 aliphatic heterocycles. The molecule has 9 fully saturated rings. The number of hydrogen-bond acceptors (Lipinski definition) is 9. The van der Waals surface area contributed by atoms with Crippen LogP contribution in [0.15, 0.2) is 0 Å². The van der Waals surface area contributed by atoms with Gasteiger partial charge in [-0.2, -0.15) is 0 Å². The largest absolute Gasteiger partial charge is 0.456 e. The van der Waals surface area contributed by atoms with Crippen LogP contribution in [-0.4, -0.2) is 104 Å². The molecule has 12 atom stereocenters. The molecular formula is C41H67NO8. The van der Waals surface area contributed by atoms with Crippen LogP contribution in [0.5, 0.6) is 0 Å². The highest BCUT2D eigenvalue weighted by atomic mass is 16.7. The maximum absolute atomic E-state index is 13.2. The molecule has 9 aliphatic rings. The van der Waals surface area contributed by atoms with Gasteiger partial charge >= 0.3 is 5.97 Å². The summed E-state index contributed by atoms with van der Waals surface area (Å²) in [5, 5.41) is 11.3. The molecule has 1 N–H and O–H groups in total. The third-order valence-corrected chi connectivity index (χ3v) is 16.9. The predicted octanol–water partition coefficient (Wildman–Crippen LogP) is 5.99. The molecule has 0 aromatic heterocycles. The second-order valence-corrected chi connectivity index (χ2v) is 19.8. The van der Waals surface area contributed by atoms with Gasteiger partial charge in [-0.1, -0.05) is 20.8 Å². The average molecular weight is 702 g/mol. The maximum atomic E-state index is 13.2. The summed E-state index contributed by atoms with van der Waals surface area (Å²) < 4.78 is 37.3. The molecule has 4 heterocycles. The number of carbonyl (C=O) groups is 1. The Hall–Kier alpha value is -0.810. The standard InChI is InChI=1S/C41H65NO8.H2/c1-37(2)32-9-7-27-29-20-31-28(6-8-30(48-31)35(38(3,4)44)50-36(43)25-11-17-45-18-12-25)39(29,5)14-15-40(27)24-41(32,40)13-10-33(37)49-34-21-42(16-19-47-34)26-22-46-23-26;/h25-35,44H,6-24H2,1-5H3;1H/t27?,28?,29?,30?,31?,32?,33-,34?,35-,39?,40?,41+;/m0./s1. The fourth-order valence-electron chi connectivity index (χ4n) is 14.2. The van der Waals surface area contributed by atoms with Crippen LogP contribution >= 0.6 is 0 Å². The first kappa shape index (κ1) is 34.9. The SMILES string of the molecule is CC12CCC34C[C@@]35CC[C@H](OC3CN(C6COC6)CCO3)C(C)(C)C5CCC4C1CC1OC([C@H](OC(=O)C3CCOCC3)C(C)(C)O)CCC12.[HH]. The first-order valence-electron chi connectivity index (χ1n) is 20.6. The van der Waals surface area contributed by atoms with Crippen LogP contribution in [0, 0.1) is 51.2 Å². The maximum Gasteiger partial charge on any atom is 0.309 e. The van der Waals surface area contributed by atoms with Crippen molar-refractivity contribution in [3.05, 3.63) is 0 Å². The van der Waals surface area contributed by atoms with E-state index in [4.69, 9.17) is 28.4 Å². The summed E-state index contributed by atoms with van der Waals surface area (Å²) in [6, 6.07) is 0.532. The van der Waals surface area contributed by atoms with Crippen molar-refractivity contribution in [1.82, 2.24) is 4.90 Å². The lowest BCUT2D eigenvalue weighted by molar-refractivity contribution is -0.253. The number of rotatable bonds is 7. The number of hydrogen-bond donors (Lipinski definition) is 1. The van der Waals surface area contributed by atoms with E-state index in [2.05, 4.69) is 25.7 Å². The van der Waals surface area contributed by atoms with Crippen LogP contribution in [-0.2, 0) is 33.2 Å². The molecule has 9 nitrogen and oxygen atoms in total. The number of ether oxygens (including phenoxy) is 6. The van der Waals surface area contributed by atoms with Gasteiger partial charge in [0.25, 0.3) is 0 Å². The van der Waals surface area contributed by atoms with Crippen LogP contribution in [0.2, 0.25) is 0 Å². The van der Waals surface area contributed by atoms with Gasteiger partial charge in [-0.15, -0.1) is 0 Å². The number of carbonyl (C=O) groups excluding carboxylic acids is 1. The minimum atomic E-state index is -1.17. The zero-order chi connectivity index (χ0) is 34.7. The zero-order valence-corrected chi connectivity index (χ0v) is 31.5. The number of aliphatic hydroxyl groups is 1. The lowest BCUT2D eigenvalue weighted by Gasteiger charge is -2.60. The normalized spacial score (nSPS) is 48.2. The van der Waals surface area contributed by atoms with Crippen LogP contribution in [0.25, 0.3) is 0 Å². The predicted molar refractivity (Wildman–Crippen MR) is 188 cm³/mol. The lowest BCUT2D eigenvalue weighted by Crippen LogP contribution is -2.58. The fraction of sp³-hybridized carbons (Fsp3) is 0.976. The molecule has 4 saturated heterocycles. The van der Waals surface area contributed by atoms with Crippen LogP contribution in [0.1, 0.15) is 113 Å². The molecule has 5 saturated carbocycles. The summed E-state index contributed by atoms with van der Waals surface area (Å²) in [6.45, 7) is 16.7. The molecule has 9 heteroatoms. The monoisotopic (exact) mass is 701 g/mol. The quantitative estimate of drug-likeness (QED) is 0.321. The number of esters is 1. The van der Waals surface area contributed by atoms with Crippen molar-refractivity contribution in [2.24, 2.45) is 51.2 Å². The molecule has 9 unspecified atom stereocenters. The summed E-state index contributed by atoms with van der Waals surface area (Å²) in [5.41, 5.74) is 0.209. The molecule has 9 rings (SSSR count). The molecule has 0 amide bonds. The minimum Gasteiger partial charge on any atom is -0.456 e. The van der Waals surface area contributed by atoms with Gasteiger partial charge in [-0.05, 0) is 136 Å². The van der Waals surface area contributed by atoms with Crippen LogP contribution < -0.4 is 0 Å². The molecule has 0 aromatic carbocycles. The summed E-state index contributed by atoms with van der Waals surface area (Å²) >= 11 is 0. The van der Waals surface area contributed by atoms with Gasteiger partial charge < -0.3 is 33.5 Å². The summed E-state index contributed by atoms with van der Waals surface area (Å²) in [5.74, 6) is 2.36. The smallest absolute Gasteiger partial charge is 0.309 e. The van der Waals surface area contributed by atoms with E-state index in [1.54, 1.807) is 13.8 Å². The minimum absolute atomic E-state index is 0. The van der Waals surface area contributed by atoms with Crippen molar-refractivity contribution in [1.29, 1.82) is 0 Å². The summed E-state index contributed by atoms with van der Waals surface area (Å²) in [4.78, 5) is 15.8. The highest BCUT2D eigenvalue weighted by Gasteiger charge is 2.80. The third kappa shape index (κ3) is 5.35. The van der Waals surface area contributed by atoms with Gasteiger partial charge in [0.2, 0.25) is 0 Å². The Morgan fingerprint density at radius 2 is 1.68 bits per heavy atom. The van der Waals surface area contributed by atoms with Crippen molar-refractivity contribution >= 4 is 5.97 Å². The van der Waals surface area contributed by atoms with Crippen LogP contribution in [0.3, 0.4) is 0 Å². The second kappa shape index (κ2) is 12.4. The van der Waals surface area contributed by atoms with Gasteiger partial charge in [-0.25, -0.2) is 0 Å². The topological polar surface area (TPSA) is 95.9 Å². The van der Waals surface area contributed by atoms with E-state index in [1.807, 2.05) is 0 Å². The Morgan fingerprint density at radius 3 is 2.42 bits per heavy atom. The van der Waals surface area contributed by atoms with Gasteiger partial charge in [0.05, 0.1) is 62.2 Å². The van der Waals surface area contributed by atoms with E-state index in [1.165, 1.54) is 38.5 Å². The Balaban J connectivity index is 0.00000374. The Morgan fingerprint density at radius 1 is 0.900 bits per heavy atom. The van der Waals surface area contributed by atoms with Crippen molar-refractivity contribution in [2.75, 3.05) is 46.1 Å². The number of nitrogens with zero attached hydrogens (tertiary/aromatic N) is 1. The molecule has 2 spiro atoms. The van der Waals surface area contributed by atoms with Crippen molar-refractivity contribution < 1.29 is 39.7 Å². The van der Waals surface area contributed by atoms with Gasteiger partial charge in [-0.3, -0.25) is 9.69 Å². The average Bonchev–Trinajstić information content (AvgIpc) is 3.64. The van der Waals surface area contributed by atoms with E-state index >= 15 is 0 Å². The second-order valence-electron chi connectivity index (χ2n) is 19.8. The Kier molecular flexibility index (Phi) is 8.63.